The van der Waals surface area contributed by atoms with Crippen molar-refractivity contribution < 1.29 is 10.2 Å². The van der Waals surface area contributed by atoms with Crippen LogP contribution in [0.2, 0.25) is 0 Å². The van der Waals surface area contributed by atoms with Crippen LogP contribution < -0.4 is 0 Å². The lowest BCUT2D eigenvalue weighted by atomic mass is 10.1. The lowest BCUT2D eigenvalue weighted by molar-refractivity contribution is 0.473. The van der Waals surface area contributed by atoms with Gasteiger partial charge in [0.05, 0.1) is 11.4 Å². The highest BCUT2D eigenvalue weighted by molar-refractivity contribution is 6.05. The van der Waals surface area contributed by atoms with Crippen LogP contribution >= 0.6 is 0 Å². The van der Waals surface area contributed by atoms with E-state index in [-0.39, 0.29) is 11.5 Å². The largest absolute Gasteiger partial charge is 0.507 e. The van der Waals surface area contributed by atoms with Gasteiger partial charge >= 0.3 is 0 Å². The summed E-state index contributed by atoms with van der Waals surface area (Å²) in [6.07, 6.45) is 1.30. The van der Waals surface area contributed by atoms with Crippen molar-refractivity contribution in [2.75, 3.05) is 0 Å². The van der Waals surface area contributed by atoms with Gasteiger partial charge in [-0.1, -0.05) is 38.1 Å². The number of nitrogens with zero attached hydrogens (tertiary/aromatic N) is 2. The third-order valence-corrected chi connectivity index (χ3v) is 3.39. The molecule has 0 radical (unpaired) electrons. The predicted molar refractivity (Wildman–Crippen MR) is 89.9 cm³/mol. The highest BCUT2D eigenvalue weighted by Gasteiger charge is 2.08. The van der Waals surface area contributed by atoms with Crippen LogP contribution in [0.5, 0.6) is 11.5 Å². The van der Waals surface area contributed by atoms with Gasteiger partial charge in [-0.05, 0) is 37.1 Å². The van der Waals surface area contributed by atoms with Crippen LogP contribution in [0, 0.1) is 0 Å². The molecule has 0 aliphatic heterocycles. The Kier molecular flexibility index (Phi) is 5.31. The van der Waals surface area contributed by atoms with E-state index in [9.17, 15) is 10.2 Å². The Morgan fingerprint density at radius 2 is 1.09 bits per heavy atom. The first-order chi connectivity index (χ1) is 10.7. The number of aromatic hydroxyl groups is 2. The maximum atomic E-state index is 9.93. The van der Waals surface area contributed by atoms with Crippen molar-refractivity contribution in [2.24, 2.45) is 10.2 Å². The molecule has 114 valence electrons. The zero-order chi connectivity index (χ0) is 15.9. The van der Waals surface area contributed by atoms with Gasteiger partial charge in [0.25, 0.3) is 0 Å². The fourth-order valence-corrected chi connectivity index (χ4v) is 2.19. The van der Waals surface area contributed by atoms with Crippen LogP contribution in [0.1, 0.15) is 37.8 Å². The average Bonchev–Trinajstić information content (AvgIpc) is 2.54. The lowest BCUT2D eigenvalue weighted by Gasteiger charge is -2.07. The van der Waals surface area contributed by atoms with Gasteiger partial charge in [-0.15, -0.1) is 0 Å². The Morgan fingerprint density at radius 1 is 0.727 bits per heavy atom. The molecule has 0 amide bonds. The van der Waals surface area contributed by atoms with Crippen LogP contribution in [0.15, 0.2) is 58.7 Å². The van der Waals surface area contributed by atoms with Crippen molar-refractivity contribution >= 4 is 11.4 Å². The Morgan fingerprint density at radius 3 is 1.41 bits per heavy atom. The normalized spacial score (nSPS) is 12.5. The molecule has 0 fully saturated rings. The molecule has 4 heteroatoms. The monoisotopic (exact) mass is 296 g/mol. The summed E-state index contributed by atoms with van der Waals surface area (Å²) in [5.41, 5.74) is 2.78. The second-order valence-corrected chi connectivity index (χ2v) is 4.83. The highest BCUT2D eigenvalue weighted by atomic mass is 16.3. The molecule has 0 atom stereocenters. The van der Waals surface area contributed by atoms with Gasteiger partial charge in [-0.2, -0.15) is 10.2 Å². The van der Waals surface area contributed by atoms with E-state index in [0.29, 0.717) is 35.4 Å². The maximum Gasteiger partial charge on any atom is 0.124 e. The van der Waals surface area contributed by atoms with Crippen molar-refractivity contribution in [3.05, 3.63) is 59.7 Å². The molecule has 2 rings (SSSR count). The summed E-state index contributed by atoms with van der Waals surface area (Å²) < 4.78 is 0. The molecule has 4 nitrogen and oxygen atoms in total. The number of hydrogen-bond donors (Lipinski definition) is 2. The molecular formula is C18H20N2O2. The summed E-state index contributed by atoms with van der Waals surface area (Å²) in [4.78, 5) is 0. The molecule has 2 aromatic rings. The van der Waals surface area contributed by atoms with Gasteiger partial charge in [0.2, 0.25) is 0 Å². The lowest BCUT2D eigenvalue weighted by Crippen LogP contribution is -2.02. The van der Waals surface area contributed by atoms with E-state index in [1.165, 1.54) is 0 Å². The molecule has 0 aliphatic rings. The standard InChI is InChI=1S/C18H20N2O2/c1-3-15(13-9-5-7-11-17(13)21)19-20-16(4-2)14-10-6-8-12-18(14)22/h5-12,21-22H,3-4H2,1-2H3/b19-15-,20-16+. The van der Waals surface area contributed by atoms with Crippen molar-refractivity contribution in [1.82, 2.24) is 0 Å². The summed E-state index contributed by atoms with van der Waals surface area (Å²) >= 11 is 0. The first-order valence-electron chi connectivity index (χ1n) is 7.37. The fourth-order valence-electron chi connectivity index (χ4n) is 2.19. The van der Waals surface area contributed by atoms with E-state index < -0.39 is 0 Å². The van der Waals surface area contributed by atoms with E-state index in [1.807, 2.05) is 38.1 Å². The van der Waals surface area contributed by atoms with Crippen LogP contribution in [0.4, 0.5) is 0 Å². The molecule has 0 heterocycles. The average molecular weight is 296 g/mol. The predicted octanol–water partition coefficient (Wildman–Crippen LogP) is 4.11. The Balaban J connectivity index is 2.41. The summed E-state index contributed by atoms with van der Waals surface area (Å²) in [5.74, 6) is 0.387. The minimum Gasteiger partial charge on any atom is -0.507 e. The molecule has 0 bridgehead atoms. The van der Waals surface area contributed by atoms with E-state index in [1.54, 1.807) is 24.3 Å². The van der Waals surface area contributed by atoms with Gasteiger partial charge in [-0.3, -0.25) is 0 Å². The topological polar surface area (TPSA) is 65.2 Å². The molecule has 22 heavy (non-hydrogen) atoms. The van der Waals surface area contributed by atoms with Gasteiger partial charge in [0.1, 0.15) is 11.5 Å². The molecule has 0 saturated carbocycles. The van der Waals surface area contributed by atoms with Crippen molar-refractivity contribution in [3.63, 3.8) is 0 Å². The summed E-state index contributed by atoms with van der Waals surface area (Å²) in [7, 11) is 0. The number of phenols is 2. The van der Waals surface area contributed by atoms with Gasteiger partial charge < -0.3 is 10.2 Å². The van der Waals surface area contributed by atoms with E-state index >= 15 is 0 Å². The molecule has 0 aromatic heterocycles. The second kappa shape index (κ2) is 7.41. The summed E-state index contributed by atoms with van der Waals surface area (Å²) in [6, 6.07) is 14.2. The first-order valence-corrected chi connectivity index (χ1v) is 7.37. The van der Waals surface area contributed by atoms with E-state index in [2.05, 4.69) is 10.2 Å². The van der Waals surface area contributed by atoms with Gasteiger partial charge in [0.15, 0.2) is 0 Å². The molecule has 2 N–H and O–H groups in total. The zero-order valence-electron chi connectivity index (χ0n) is 12.8. The third kappa shape index (κ3) is 3.52. The van der Waals surface area contributed by atoms with Crippen LogP contribution in [0.25, 0.3) is 0 Å². The van der Waals surface area contributed by atoms with E-state index in [0.717, 1.165) is 0 Å². The zero-order valence-corrected chi connectivity index (χ0v) is 12.8. The SMILES string of the molecule is CC/C(=N/N=C(\CC)c1ccccc1O)c1ccccc1O. The van der Waals surface area contributed by atoms with Crippen LogP contribution in [-0.2, 0) is 0 Å². The summed E-state index contributed by atoms with van der Waals surface area (Å²) in [5, 5.41) is 28.4. The van der Waals surface area contributed by atoms with Crippen molar-refractivity contribution in [1.29, 1.82) is 0 Å². The Hall–Kier alpha value is -2.62. The first kappa shape index (κ1) is 15.8. The maximum absolute atomic E-state index is 9.93. The smallest absolute Gasteiger partial charge is 0.124 e. The van der Waals surface area contributed by atoms with Crippen molar-refractivity contribution in [3.8, 4) is 11.5 Å². The highest BCUT2D eigenvalue weighted by Crippen LogP contribution is 2.20. The minimum atomic E-state index is 0.193. The van der Waals surface area contributed by atoms with Gasteiger partial charge in [0, 0.05) is 11.1 Å². The number of hydrogen-bond acceptors (Lipinski definition) is 4. The number of rotatable bonds is 5. The van der Waals surface area contributed by atoms with Gasteiger partial charge in [-0.25, -0.2) is 0 Å². The van der Waals surface area contributed by atoms with Crippen LogP contribution in [0.3, 0.4) is 0 Å². The third-order valence-electron chi connectivity index (χ3n) is 3.39. The number of para-hydroxylation sites is 2. The molecule has 0 aliphatic carbocycles. The Bertz CT molecular complexity index is 644. The minimum absolute atomic E-state index is 0.193. The molecular weight excluding hydrogens is 276 g/mol. The fraction of sp³-hybridized carbons (Fsp3) is 0.222. The summed E-state index contributed by atoms with van der Waals surface area (Å²) in [6.45, 7) is 3.93. The number of phenolic OH excluding ortho intramolecular Hbond substituents is 2. The van der Waals surface area contributed by atoms with Crippen molar-refractivity contribution in [2.45, 2.75) is 26.7 Å². The van der Waals surface area contributed by atoms with E-state index in [4.69, 9.17) is 0 Å². The quantitative estimate of drug-likeness (QED) is 0.644. The second-order valence-electron chi connectivity index (χ2n) is 4.83. The van der Waals surface area contributed by atoms with Crippen LogP contribution in [-0.4, -0.2) is 21.6 Å². The number of benzene rings is 2. The molecule has 2 aromatic carbocycles. The Labute approximate surface area is 130 Å². The molecule has 0 unspecified atom stereocenters. The molecule has 0 saturated heterocycles. The molecule has 0 spiro atoms.